The van der Waals surface area contributed by atoms with Gasteiger partial charge in [-0.15, -0.1) is 0 Å². The molecule has 0 aliphatic heterocycles. The second-order valence-corrected chi connectivity index (χ2v) is 6.35. The van der Waals surface area contributed by atoms with Crippen LogP contribution >= 0.6 is 12.0 Å². The summed E-state index contributed by atoms with van der Waals surface area (Å²) in [5.41, 5.74) is 2.39. The molecular formula is C20H21NOS. The average Bonchev–Trinajstić information content (AvgIpc) is 2.61. The van der Waals surface area contributed by atoms with Crippen molar-refractivity contribution in [1.82, 2.24) is 4.98 Å². The third-order valence-corrected chi connectivity index (χ3v) is 4.58. The molecule has 0 amide bonds. The highest BCUT2D eigenvalue weighted by Gasteiger charge is 2.05. The highest BCUT2D eigenvalue weighted by molar-refractivity contribution is 7.95. The van der Waals surface area contributed by atoms with E-state index >= 15 is 0 Å². The maximum absolute atomic E-state index is 5.83. The summed E-state index contributed by atoms with van der Waals surface area (Å²) in [7, 11) is 0. The van der Waals surface area contributed by atoms with Crippen LogP contribution in [0, 0.1) is 0 Å². The first-order valence-electron chi connectivity index (χ1n) is 8.11. The largest absolute Gasteiger partial charge is 0.426 e. The Bertz CT molecular complexity index is 767. The number of nitrogens with zero attached hydrogens (tertiary/aromatic N) is 1. The van der Waals surface area contributed by atoms with Gasteiger partial charge in [0.1, 0.15) is 5.75 Å². The van der Waals surface area contributed by atoms with Crippen molar-refractivity contribution in [3.8, 4) is 16.9 Å². The van der Waals surface area contributed by atoms with Gasteiger partial charge in [0.2, 0.25) is 0 Å². The minimum atomic E-state index is 0.912. The number of hydrogen-bond donors (Lipinski definition) is 0. The monoisotopic (exact) mass is 323 g/mol. The standard InChI is InChI=1S/C20H21NOS/c1-2-3-4-13-23-22-18-9-5-7-16(14-18)19-10-6-8-17-15-21-12-11-20(17)19/h5-12,14-15H,2-4,13H2,1H3. The Morgan fingerprint density at radius 3 is 2.87 bits per heavy atom. The normalized spacial score (nSPS) is 10.8. The van der Waals surface area contributed by atoms with E-state index < -0.39 is 0 Å². The van der Waals surface area contributed by atoms with E-state index in [-0.39, 0.29) is 0 Å². The van der Waals surface area contributed by atoms with Crippen molar-refractivity contribution in [2.24, 2.45) is 0 Å². The molecule has 0 radical (unpaired) electrons. The molecule has 0 bridgehead atoms. The highest BCUT2D eigenvalue weighted by Crippen LogP contribution is 2.31. The van der Waals surface area contributed by atoms with Gasteiger partial charge in [0.15, 0.2) is 0 Å². The van der Waals surface area contributed by atoms with Crippen molar-refractivity contribution in [3.05, 3.63) is 60.9 Å². The lowest BCUT2D eigenvalue weighted by atomic mass is 9.99. The van der Waals surface area contributed by atoms with Gasteiger partial charge in [-0.3, -0.25) is 4.98 Å². The second-order valence-electron chi connectivity index (χ2n) is 5.54. The molecule has 3 rings (SSSR count). The molecule has 0 fully saturated rings. The zero-order valence-corrected chi connectivity index (χ0v) is 14.2. The molecule has 3 aromatic rings. The third kappa shape index (κ3) is 4.05. The Morgan fingerprint density at radius 2 is 1.96 bits per heavy atom. The van der Waals surface area contributed by atoms with Crippen LogP contribution in [0.2, 0.25) is 0 Å². The fourth-order valence-electron chi connectivity index (χ4n) is 2.61. The summed E-state index contributed by atoms with van der Waals surface area (Å²) in [5.74, 6) is 1.95. The van der Waals surface area contributed by atoms with E-state index in [4.69, 9.17) is 4.18 Å². The summed E-state index contributed by atoms with van der Waals surface area (Å²) in [6.07, 6.45) is 7.46. The van der Waals surface area contributed by atoms with Gasteiger partial charge in [-0.05, 0) is 41.1 Å². The Kier molecular flexibility index (Phi) is 5.54. The number of hydrogen-bond acceptors (Lipinski definition) is 3. The van der Waals surface area contributed by atoms with Gasteiger partial charge in [0.05, 0.1) is 12.0 Å². The van der Waals surface area contributed by atoms with Crippen LogP contribution < -0.4 is 4.18 Å². The van der Waals surface area contributed by atoms with Gasteiger partial charge < -0.3 is 4.18 Å². The first kappa shape index (κ1) is 15.9. The zero-order chi connectivity index (χ0) is 15.9. The van der Waals surface area contributed by atoms with Crippen LogP contribution in [0.1, 0.15) is 26.2 Å². The number of aromatic nitrogens is 1. The minimum absolute atomic E-state index is 0.912. The van der Waals surface area contributed by atoms with Crippen molar-refractivity contribution in [3.63, 3.8) is 0 Å². The molecule has 0 atom stereocenters. The Hall–Kier alpha value is -2.00. The number of fused-ring (bicyclic) bond motifs is 1. The number of rotatable bonds is 7. The maximum atomic E-state index is 5.83. The lowest BCUT2D eigenvalue weighted by molar-refractivity contribution is 0.641. The molecule has 0 saturated carbocycles. The minimum Gasteiger partial charge on any atom is -0.426 e. The summed E-state index contributed by atoms with van der Waals surface area (Å²) in [6.45, 7) is 2.22. The average molecular weight is 323 g/mol. The third-order valence-electron chi connectivity index (χ3n) is 3.81. The lowest BCUT2D eigenvalue weighted by Gasteiger charge is -2.09. The van der Waals surface area contributed by atoms with Crippen LogP contribution in [0.15, 0.2) is 60.9 Å². The first-order valence-corrected chi connectivity index (χ1v) is 9.02. The topological polar surface area (TPSA) is 22.1 Å². The summed E-state index contributed by atoms with van der Waals surface area (Å²) >= 11 is 1.54. The fourth-order valence-corrected chi connectivity index (χ4v) is 3.26. The van der Waals surface area contributed by atoms with Gasteiger partial charge in [-0.2, -0.15) is 0 Å². The van der Waals surface area contributed by atoms with Crippen molar-refractivity contribution in [2.75, 3.05) is 5.75 Å². The Morgan fingerprint density at radius 1 is 1.04 bits per heavy atom. The first-order chi connectivity index (χ1) is 11.4. The Balaban J connectivity index is 1.79. The van der Waals surface area contributed by atoms with E-state index in [1.807, 2.05) is 18.5 Å². The van der Waals surface area contributed by atoms with Gasteiger partial charge in [-0.25, -0.2) is 0 Å². The summed E-state index contributed by atoms with van der Waals surface area (Å²) in [5, 5.41) is 2.38. The molecule has 0 saturated heterocycles. The van der Waals surface area contributed by atoms with Gasteiger partial charge in [0.25, 0.3) is 0 Å². The Labute approximate surface area is 142 Å². The van der Waals surface area contributed by atoms with Crippen LogP contribution in [0.5, 0.6) is 5.75 Å². The highest BCUT2D eigenvalue weighted by atomic mass is 32.2. The zero-order valence-electron chi connectivity index (χ0n) is 13.4. The number of unbranched alkanes of at least 4 members (excludes halogenated alkanes) is 2. The van der Waals surface area contributed by atoms with Crippen LogP contribution in [0.4, 0.5) is 0 Å². The molecule has 0 aliphatic carbocycles. The van der Waals surface area contributed by atoms with Gasteiger partial charge in [0, 0.05) is 23.5 Å². The van der Waals surface area contributed by atoms with E-state index in [1.165, 1.54) is 35.8 Å². The predicted molar refractivity (Wildman–Crippen MR) is 99.8 cm³/mol. The molecule has 23 heavy (non-hydrogen) atoms. The van der Waals surface area contributed by atoms with Crippen LogP contribution in [0.25, 0.3) is 21.9 Å². The van der Waals surface area contributed by atoms with E-state index in [0.717, 1.165) is 16.9 Å². The maximum Gasteiger partial charge on any atom is 0.137 e. The van der Waals surface area contributed by atoms with E-state index in [2.05, 4.69) is 54.4 Å². The molecule has 0 N–H and O–H groups in total. The lowest BCUT2D eigenvalue weighted by Crippen LogP contribution is -1.87. The second kappa shape index (κ2) is 8.02. The molecule has 2 nitrogen and oxygen atoms in total. The number of pyridine rings is 1. The molecular weight excluding hydrogens is 302 g/mol. The van der Waals surface area contributed by atoms with Crippen LogP contribution in [-0.2, 0) is 0 Å². The van der Waals surface area contributed by atoms with Crippen LogP contribution in [0.3, 0.4) is 0 Å². The molecule has 118 valence electrons. The fraction of sp³-hybridized carbons (Fsp3) is 0.250. The molecule has 0 spiro atoms. The number of benzene rings is 2. The smallest absolute Gasteiger partial charge is 0.137 e. The summed E-state index contributed by atoms with van der Waals surface area (Å²) in [6, 6.07) is 16.7. The molecule has 1 aromatic heterocycles. The quantitative estimate of drug-likeness (QED) is 0.386. The molecule has 0 aliphatic rings. The van der Waals surface area contributed by atoms with E-state index in [1.54, 1.807) is 12.0 Å². The summed E-state index contributed by atoms with van der Waals surface area (Å²) < 4.78 is 5.83. The molecule has 0 unspecified atom stereocenters. The summed E-state index contributed by atoms with van der Waals surface area (Å²) in [4.78, 5) is 4.20. The van der Waals surface area contributed by atoms with Crippen LogP contribution in [-0.4, -0.2) is 10.7 Å². The van der Waals surface area contributed by atoms with Crippen molar-refractivity contribution in [2.45, 2.75) is 26.2 Å². The molecule has 2 aromatic carbocycles. The van der Waals surface area contributed by atoms with Gasteiger partial charge >= 0.3 is 0 Å². The SMILES string of the molecule is CCCCCSOc1cccc(-c2cccc3cnccc23)c1. The molecule has 1 heterocycles. The van der Waals surface area contributed by atoms with Gasteiger partial charge in [-0.1, -0.05) is 50.1 Å². The molecule has 3 heteroatoms. The predicted octanol–water partition coefficient (Wildman–Crippen LogP) is 6.12. The van der Waals surface area contributed by atoms with E-state index in [9.17, 15) is 0 Å². The van der Waals surface area contributed by atoms with Crippen molar-refractivity contribution < 1.29 is 4.18 Å². The van der Waals surface area contributed by atoms with E-state index in [0.29, 0.717) is 0 Å². The van der Waals surface area contributed by atoms with Crippen molar-refractivity contribution in [1.29, 1.82) is 0 Å². The van der Waals surface area contributed by atoms with Crippen molar-refractivity contribution >= 4 is 22.8 Å².